The van der Waals surface area contributed by atoms with Crippen molar-refractivity contribution in [3.63, 3.8) is 0 Å². The smallest absolute Gasteiger partial charge is 0.0239 e. The third kappa shape index (κ3) is 4.18. The van der Waals surface area contributed by atoms with Crippen LogP contribution in [0.5, 0.6) is 0 Å². The molecule has 0 aliphatic rings. The first-order valence-corrected chi connectivity index (χ1v) is 6.02. The third-order valence-electron chi connectivity index (χ3n) is 2.39. The highest BCUT2D eigenvalue weighted by molar-refractivity contribution is 9.10. The Labute approximate surface area is 101 Å². The van der Waals surface area contributed by atoms with Gasteiger partial charge in [-0.3, -0.25) is 4.90 Å². The van der Waals surface area contributed by atoms with Crippen molar-refractivity contribution in [1.82, 2.24) is 4.90 Å². The molecule has 0 atom stereocenters. The van der Waals surface area contributed by atoms with Gasteiger partial charge in [0.15, 0.2) is 0 Å². The Kier molecular flexibility index (Phi) is 5.06. The Morgan fingerprint density at radius 2 is 1.93 bits per heavy atom. The molecule has 15 heavy (non-hydrogen) atoms. The van der Waals surface area contributed by atoms with E-state index < -0.39 is 0 Å². The van der Waals surface area contributed by atoms with Crippen molar-refractivity contribution in [2.75, 3.05) is 6.54 Å². The van der Waals surface area contributed by atoms with Crippen LogP contribution in [0.15, 0.2) is 41.4 Å². The zero-order valence-electron chi connectivity index (χ0n) is 9.41. The number of benzene rings is 1. The maximum absolute atomic E-state index is 3.79. The molecule has 0 spiro atoms. The van der Waals surface area contributed by atoms with E-state index in [1.165, 1.54) is 5.56 Å². The molecule has 0 N–H and O–H groups in total. The second-order valence-electron chi connectivity index (χ2n) is 3.94. The zero-order valence-corrected chi connectivity index (χ0v) is 11.0. The van der Waals surface area contributed by atoms with Crippen LogP contribution in [0.1, 0.15) is 19.4 Å². The fraction of sp³-hybridized carbons (Fsp3) is 0.385. The number of nitrogens with zero attached hydrogens (tertiary/aromatic N) is 1. The minimum absolute atomic E-state index is 0.548. The fourth-order valence-electron chi connectivity index (χ4n) is 1.45. The lowest BCUT2D eigenvalue weighted by Crippen LogP contribution is -2.30. The highest BCUT2D eigenvalue weighted by Gasteiger charge is 2.07. The fourth-order valence-corrected chi connectivity index (χ4v) is 1.71. The Bertz CT molecular complexity index is 303. The minimum atomic E-state index is 0.548. The van der Waals surface area contributed by atoms with Gasteiger partial charge < -0.3 is 0 Å². The summed E-state index contributed by atoms with van der Waals surface area (Å²) in [7, 11) is 0. The van der Waals surface area contributed by atoms with Gasteiger partial charge in [-0.15, -0.1) is 6.58 Å². The molecule has 1 nitrogen and oxygen atoms in total. The summed E-state index contributed by atoms with van der Waals surface area (Å²) in [4.78, 5) is 2.39. The molecule has 0 amide bonds. The average molecular weight is 268 g/mol. The van der Waals surface area contributed by atoms with E-state index in [4.69, 9.17) is 0 Å². The Hall–Kier alpha value is -0.600. The van der Waals surface area contributed by atoms with E-state index >= 15 is 0 Å². The molecule has 0 radical (unpaired) electrons. The van der Waals surface area contributed by atoms with Crippen LogP contribution in [-0.4, -0.2) is 17.5 Å². The first-order chi connectivity index (χ1) is 7.13. The van der Waals surface area contributed by atoms with Gasteiger partial charge in [-0.2, -0.15) is 0 Å². The molecule has 0 aliphatic heterocycles. The second-order valence-corrected chi connectivity index (χ2v) is 4.85. The van der Waals surface area contributed by atoms with Gasteiger partial charge in [0.1, 0.15) is 0 Å². The van der Waals surface area contributed by atoms with E-state index in [9.17, 15) is 0 Å². The lowest BCUT2D eigenvalue weighted by atomic mass is 10.2. The lowest BCUT2D eigenvalue weighted by Gasteiger charge is -2.24. The monoisotopic (exact) mass is 267 g/mol. The van der Waals surface area contributed by atoms with Gasteiger partial charge in [0.25, 0.3) is 0 Å². The highest BCUT2D eigenvalue weighted by Crippen LogP contribution is 2.13. The number of hydrogen-bond donors (Lipinski definition) is 0. The Balaban J connectivity index is 2.65. The van der Waals surface area contributed by atoms with Crippen molar-refractivity contribution in [1.29, 1.82) is 0 Å². The van der Waals surface area contributed by atoms with E-state index in [-0.39, 0.29) is 0 Å². The van der Waals surface area contributed by atoms with Crippen LogP contribution in [0.2, 0.25) is 0 Å². The number of rotatable bonds is 5. The molecule has 2 heteroatoms. The van der Waals surface area contributed by atoms with E-state index in [1.807, 2.05) is 6.08 Å². The molecule has 0 aromatic heterocycles. The predicted molar refractivity (Wildman–Crippen MR) is 69.9 cm³/mol. The molecule has 0 heterocycles. The predicted octanol–water partition coefficient (Wildman–Crippen LogP) is 3.85. The van der Waals surface area contributed by atoms with Crippen molar-refractivity contribution in [2.24, 2.45) is 0 Å². The molecular formula is C13H18BrN. The largest absolute Gasteiger partial charge is 0.293 e. The molecular weight excluding hydrogens is 250 g/mol. The maximum Gasteiger partial charge on any atom is 0.0239 e. The Morgan fingerprint density at radius 3 is 2.40 bits per heavy atom. The molecule has 0 bridgehead atoms. The molecule has 1 aromatic carbocycles. The van der Waals surface area contributed by atoms with Crippen LogP contribution in [0.25, 0.3) is 0 Å². The second kappa shape index (κ2) is 6.09. The van der Waals surface area contributed by atoms with E-state index in [0.717, 1.165) is 17.6 Å². The molecule has 0 saturated heterocycles. The summed E-state index contributed by atoms with van der Waals surface area (Å²) in [5, 5.41) is 0. The zero-order chi connectivity index (χ0) is 11.3. The molecule has 0 fully saturated rings. The van der Waals surface area contributed by atoms with Gasteiger partial charge in [0.2, 0.25) is 0 Å². The quantitative estimate of drug-likeness (QED) is 0.733. The van der Waals surface area contributed by atoms with Crippen molar-refractivity contribution in [3.8, 4) is 0 Å². The molecule has 0 unspecified atom stereocenters. The number of hydrogen-bond acceptors (Lipinski definition) is 1. The molecule has 0 saturated carbocycles. The van der Waals surface area contributed by atoms with E-state index in [1.54, 1.807) is 0 Å². The molecule has 0 aliphatic carbocycles. The molecule has 1 rings (SSSR count). The minimum Gasteiger partial charge on any atom is -0.293 e. The van der Waals surface area contributed by atoms with Crippen LogP contribution in [0.4, 0.5) is 0 Å². The maximum atomic E-state index is 3.79. The molecule has 1 aromatic rings. The number of halogens is 1. The topological polar surface area (TPSA) is 3.24 Å². The summed E-state index contributed by atoms with van der Waals surface area (Å²) < 4.78 is 1.13. The van der Waals surface area contributed by atoms with E-state index in [2.05, 4.69) is 65.5 Å². The normalized spacial score (nSPS) is 11.0. The van der Waals surface area contributed by atoms with Crippen molar-refractivity contribution in [3.05, 3.63) is 47.0 Å². The van der Waals surface area contributed by atoms with Gasteiger partial charge in [-0.1, -0.05) is 34.1 Å². The SMILES string of the molecule is C=CCN(Cc1ccc(Br)cc1)C(C)C. The summed E-state index contributed by atoms with van der Waals surface area (Å²) in [5.41, 5.74) is 1.34. The standard InChI is InChI=1S/C13H18BrN/c1-4-9-15(11(2)3)10-12-5-7-13(14)8-6-12/h4-8,11H,1,9-10H2,2-3H3. The first kappa shape index (κ1) is 12.5. The highest BCUT2D eigenvalue weighted by atomic mass is 79.9. The summed E-state index contributed by atoms with van der Waals surface area (Å²) in [6.45, 7) is 10.1. The van der Waals surface area contributed by atoms with Crippen LogP contribution >= 0.6 is 15.9 Å². The summed E-state index contributed by atoms with van der Waals surface area (Å²) in [5.74, 6) is 0. The van der Waals surface area contributed by atoms with Crippen LogP contribution in [0, 0.1) is 0 Å². The Morgan fingerprint density at radius 1 is 1.33 bits per heavy atom. The van der Waals surface area contributed by atoms with Crippen LogP contribution in [-0.2, 0) is 6.54 Å². The van der Waals surface area contributed by atoms with Crippen LogP contribution in [0.3, 0.4) is 0 Å². The summed E-state index contributed by atoms with van der Waals surface area (Å²) in [6.07, 6.45) is 1.96. The van der Waals surface area contributed by atoms with Gasteiger partial charge in [0, 0.05) is 23.6 Å². The van der Waals surface area contributed by atoms with Crippen LogP contribution < -0.4 is 0 Å². The average Bonchev–Trinajstić information content (AvgIpc) is 2.20. The van der Waals surface area contributed by atoms with Crippen molar-refractivity contribution in [2.45, 2.75) is 26.4 Å². The first-order valence-electron chi connectivity index (χ1n) is 5.23. The van der Waals surface area contributed by atoms with Crippen molar-refractivity contribution < 1.29 is 0 Å². The van der Waals surface area contributed by atoms with Gasteiger partial charge in [-0.25, -0.2) is 0 Å². The van der Waals surface area contributed by atoms with Gasteiger partial charge in [0.05, 0.1) is 0 Å². The molecule has 82 valence electrons. The van der Waals surface area contributed by atoms with Crippen molar-refractivity contribution >= 4 is 15.9 Å². The lowest BCUT2D eigenvalue weighted by molar-refractivity contribution is 0.237. The van der Waals surface area contributed by atoms with Gasteiger partial charge >= 0.3 is 0 Å². The summed E-state index contributed by atoms with van der Waals surface area (Å²) >= 11 is 3.44. The van der Waals surface area contributed by atoms with E-state index in [0.29, 0.717) is 6.04 Å². The third-order valence-corrected chi connectivity index (χ3v) is 2.92. The summed E-state index contributed by atoms with van der Waals surface area (Å²) in [6, 6.07) is 9.03. The van der Waals surface area contributed by atoms with Gasteiger partial charge in [-0.05, 0) is 31.5 Å².